The van der Waals surface area contributed by atoms with Gasteiger partial charge in [-0.3, -0.25) is 14.3 Å². The number of hydrogen-bond acceptors (Lipinski definition) is 7. The van der Waals surface area contributed by atoms with Crippen LogP contribution in [0.4, 0.5) is 5.82 Å². The lowest BCUT2D eigenvalue weighted by Crippen LogP contribution is -2.27. The first-order valence-electron chi connectivity index (χ1n) is 10.2. The minimum atomic E-state index is -0.365. The van der Waals surface area contributed by atoms with E-state index in [9.17, 15) is 9.59 Å². The third kappa shape index (κ3) is 3.06. The third-order valence-corrected chi connectivity index (χ3v) is 7.01. The predicted molar refractivity (Wildman–Crippen MR) is 125 cm³/mol. The number of aromatic nitrogens is 4. The molecule has 3 aromatic heterocycles. The lowest BCUT2D eigenvalue weighted by Gasteiger charge is -2.14. The Hall–Kier alpha value is -3.66. The third-order valence-electron chi connectivity index (χ3n) is 5.83. The van der Waals surface area contributed by atoms with Gasteiger partial charge in [-0.2, -0.15) is 10.2 Å². The summed E-state index contributed by atoms with van der Waals surface area (Å²) in [5.41, 5.74) is 7.91. The number of likely N-dealkylation sites (tertiary alicyclic amines) is 1. The molecule has 0 radical (unpaired) electrons. The molecule has 1 aliphatic rings. The van der Waals surface area contributed by atoms with Gasteiger partial charge in [0.1, 0.15) is 17.0 Å². The van der Waals surface area contributed by atoms with Gasteiger partial charge in [-0.15, -0.1) is 11.3 Å². The van der Waals surface area contributed by atoms with Crippen molar-refractivity contribution >= 4 is 44.1 Å². The molecule has 0 bridgehead atoms. The summed E-state index contributed by atoms with van der Waals surface area (Å²) in [5.74, 6) is 0.864. The number of amides is 1. The van der Waals surface area contributed by atoms with Gasteiger partial charge >= 0.3 is 0 Å². The average molecular weight is 451 g/mol. The molecule has 1 amide bonds. The molecule has 0 unspecified atom stereocenters. The van der Waals surface area contributed by atoms with E-state index < -0.39 is 0 Å². The SMILES string of the molecule is C=CC(=O)N1CC[C@H](n2nc(-c3cc4cc(C)cc(OC)c4s3)c3c(N)n[nH]c(=O)c32)C1. The largest absolute Gasteiger partial charge is 0.495 e. The van der Waals surface area contributed by atoms with Crippen molar-refractivity contribution in [2.75, 3.05) is 25.9 Å². The normalized spacial score (nSPS) is 16.2. The molecule has 3 N–H and O–H groups in total. The molecule has 1 saturated heterocycles. The van der Waals surface area contributed by atoms with Crippen LogP contribution in [-0.4, -0.2) is 51.0 Å². The number of hydrogen-bond donors (Lipinski definition) is 2. The minimum Gasteiger partial charge on any atom is -0.495 e. The first-order chi connectivity index (χ1) is 15.4. The molecule has 0 saturated carbocycles. The second-order valence-corrected chi connectivity index (χ2v) is 8.93. The van der Waals surface area contributed by atoms with Crippen LogP contribution >= 0.6 is 11.3 Å². The summed E-state index contributed by atoms with van der Waals surface area (Å²) in [4.78, 5) is 27.4. The van der Waals surface area contributed by atoms with Crippen LogP contribution in [0.3, 0.4) is 0 Å². The number of carbonyl (C=O) groups excluding carboxylic acids is 1. The zero-order valence-corrected chi connectivity index (χ0v) is 18.5. The van der Waals surface area contributed by atoms with Gasteiger partial charge in [-0.1, -0.05) is 12.6 Å². The summed E-state index contributed by atoms with van der Waals surface area (Å²) in [6.07, 6.45) is 1.98. The van der Waals surface area contributed by atoms with Gasteiger partial charge in [0.05, 0.1) is 28.1 Å². The number of nitrogens with one attached hydrogen (secondary N) is 1. The van der Waals surface area contributed by atoms with E-state index in [1.54, 1.807) is 16.7 Å². The van der Waals surface area contributed by atoms with Crippen LogP contribution < -0.4 is 16.0 Å². The number of methoxy groups -OCH3 is 1. The molecular formula is C22H22N6O3S. The van der Waals surface area contributed by atoms with E-state index in [0.29, 0.717) is 36.1 Å². The maximum Gasteiger partial charge on any atom is 0.290 e. The van der Waals surface area contributed by atoms with Crippen molar-refractivity contribution in [3.8, 4) is 16.3 Å². The number of fused-ring (bicyclic) bond motifs is 2. The van der Waals surface area contributed by atoms with E-state index in [1.165, 1.54) is 17.4 Å². The van der Waals surface area contributed by atoms with E-state index >= 15 is 0 Å². The molecule has 32 heavy (non-hydrogen) atoms. The van der Waals surface area contributed by atoms with Crippen LogP contribution in [0.2, 0.25) is 0 Å². The van der Waals surface area contributed by atoms with Crippen molar-refractivity contribution in [2.24, 2.45) is 0 Å². The average Bonchev–Trinajstić information content (AvgIpc) is 3.51. The number of aryl methyl sites for hydroxylation is 1. The van der Waals surface area contributed by atoms with E-state index in [-0.39, 0.29) is 23.3 Å². The highest BCUT2D eigenvalue weighted by Crippen LogP contribution is 2.42. The van der Waals surface area contributed by atoms with Crippen molar-refractivity contribution in [2.45, 2.75) is 19.4 Å². The molecule has 1 aromatic carbocycles. The fraction of sp³-hybridized carbons (Fsp3) is 0.273. The lowest BCUT2D eigenvalue weighted by atomic mass is 10.1. The standard InChI is InChI=1S/C22H22N6O3S/c1-4-16(29)27-6-5-13(10-27)28-19-17(21(23)24-25-22(19)30)18(26-28)15-9-12-7-11(2)8-14(31-3)20(12)32-15/h4,7-9,13H,1,5-6,10H2,2-3H3,(H2,23,24)(H,25,30)/t13-/m0/s1. The number of carbonyl (C=O) groups is 1. The van der Waals surface area contributed by atoms with Crippen molar-refractivity contribution in [3.63, 3.8) is 0 Å². The number of anilines is 1. The first kappa shape index (κ1) is 20.3. The van der Waals surface area contributed by atoms with Crippen LogP contribution in [0.25, 0.3) is 31.6 Å². The van der Waals surface area contributed by atoms with Gasteiger partial charge in [0.25, 0.3) is 5.56 Å². The number of H-pyrrole nitrogens is 1. The van der Waals surface area contributed by atoms with E-state index in [4.69, 9.17) is 15.6 Å². The molecule has 1 aliphatic heterocycles. The van der Waals surface area contributed by atoms with Gasteiger partial charge in [0.15, 0.2) is 5.82 Å². The Labute approximate surface area is 187 Å². The van der Waals surface area contributed by atoms with E-state index in [2.05, 4.69) is 22.8 Å². The zero-order chi connectivity index (χ0) is 22.6. The predicted octanol–water partition coefficient (Wildman–Crippen LogP) is 2.86. The number of benzene rings is 1. The molecule has 9 nitrogen and oxygen atoms in total. The topological polar surface area (TPSA) is 119 Å². The highest BCUT2D eigenvalue weighted by Gasteiger charge is 2.31. The summed E-state index contributed by atoms with van der Waals surface area (Å²) in [7, 11) is 1.65. The summed E-state index contributed by atoms with van der Waals surface area (Å²) in [6.45, 7) is 6.60. The summed E-state index contributed by atoms with van der Waals surface area (Å²) in [6, 6.07) is 5.96. The Kier molecular flexibility index (Phi) is 4.74. The molecular weight excluding hydrogens is 428 g/mol. The van der Waals surface area contributed by atoms with Gasteiger partial charge in [0.2, 0.25) is 5.91 Å². The highest BCUT2D eigenvalue weighted by molar-refractivity contribution is 7.22. The molecule has 164 valence electrons. The van der Waals surface area contributed by atoms with Gasteiger partial charge in [-0.05, 0) is 42.5 Å². The molecule has 1 fully saturated rings. The molecule has 10 heteroatoms. The van der Waals surface area contributed by atoms with Crippen LogP contribution in [0.5, 0.6) is 5.75 Å². The van der Waals surface area contributed by atoms with Crippen molar-refractivity contribution in [1.82, 2.24) is 24.9 Å². The summed E-state index contributed by atoms with van der Waals surface area (Å²) in [5, 5.41) is 12.8. The Morgan fingerprint density at radius 1 is 1.41 bits per heavy atom. The van der Waals surface area contributed by atoms with Gasteiger partial charge < -0.3 is 15.4 Å². The van der Waals surface area contributed by atoms with E-state index in [1.807, 2.05) is 19.1 Å². The maximum atomic E-state index is 12.8. The monoisotopic (exact) mass is 450 g/mol. The number of rotatable bonds is 4. The van der Waals surface area contributed by atoms with Crippen LogP contribution in [0.1, 0.15) is 18.0 Å². The summed E-state index contributed by atoms with van der Waals surface area (Å²) < 4.78 is 8.26. The molecule has 0 aliphatic carbocycles. The van der Waals surface area contributed by atoms with Crippen LogP contribution in [0, 0.1) is 6.92 Å². The Morgan fingerprint density at radius 3 is 2.97 bits per heavy atom. The first-order valence-corrected chi connectivity index (χ1v) is 11.0. The maximum absolute atomic E-state index is 12.8. The minimum absolute atomic E-state index is 0.133. The van der Waals surface area contributed by atoms with Crippen molar-refractivity contribution in [1.29, 1.82) is 0 Å². The fourth-order valence-electron chi connectivity index (χ4n) is 4.35. The smallest absolute Gasteiger partial charge is 0.290 e. The number of nitrogen functional groups attached to an aromatic ring is 1. The second kappa shape index (κ2) is 7.49. The molecule has 0 spiro atoms. The molecule has 5 rings (SSSR count). The highest BCUT2D eigenvalue weighted by atomic mass is 32.1. The van der Waals surface area contributed by atoms with Gasteiger partial charge in [0, 0.05) is 13.1 Å². The second-order valence-electron chi connectivity index (χ2n) is 7.88. The Morgan fingerprint density at radius 2 is 2.22 bits per heavy atom. The van der Waals surface area contributed by atoms with Crippen LogP contribution in [0.15, 0.2) is 35.6 Å². The number of nitrogens with zero attached hydrogens (tertiary/aromatic N) is 4. The zero-order valence-electron chi connectivity index (χ0n) is 17.7. The Bertz CT molecular complexity index is 1450. The number of aromatic amines is 1. The van der Waals surface area contributed by atoms with Gasteiger partial charge in [-0.25, -0.2) is 5.10 Å². The quantitative estimate of drug-likeness (QED) is 0.462. The molecule has 4 heterocycles. The number of thiophene rings is 1. The van der Waals surface area contributed by atoms with Crippen molar-refractivity contribution < 1.29 is 9.53 Å². The summed E-state index contributed by atoms with van der Waals surface area (Å²) >= 11 is 1.53. The number of nitrogens with two attached hydrogens (primary N) is 1. The molecule has 1 atom stereocenters. The Balaban J connectivity index is 1.71. The van der Waals surface area contributed by atoms with E-state index in [0.717, 1.165) is 26.3 Å². The number of ether oxygens (including phenoxy) is 1. The lowest BCUT2D eigenvalue weighted by molar-refractivity contribution is -0.125. The van der Waals surface area contributed by atoms with Crippen molar-refractivity contribution in [3.05, 3.63) is 46.8 Å². The van der Waals surface area contributed by atoms with Crippen LogP contribution in [-0.2, 0) is 4.79 Å². The molecule has 4 aromatic rings. The fourth-order valence-corrected chi connectivity index (χ4v) is 5.48.